The molecule has 132 valence electrons. The first-order chi connectivity index (χ1) is 12.1. The van der Waals surface area contributed by atoms with Crippen LogP contribution in [0.25, 0.3) is 0 Å². The zero-order valence-corrected chi connectivity index (χ0v) is 14.7. The molecule has 0 unspecified atom stereocenters. The normalized spacial score (nSPS) is 14.7. The van der Waals surface area contributed by atoms with Gasteiger partial charge in [0.05, 0.1) is 0 Å². The summed E-state index contributed by atoms with van der Waals surface area (Å²) in [4.78, 5) is 20.2. The van der Waals surface area contributed by atoms with Gasteiger partial charge in [-0.05, 0) is 30.2 Å². The third-order valence-electron chi connectivity index (χ3n) is 4.14. The third kappa shape index (κ3) is 4.65. The Morgan fingerprint density at radius 3 is 2.40 bits per heavy atom. The van der Waals surface area contributed by atoms with E-state index in [0.717, 1.165) is 37.7 Å². The maximum atomic E-state index is 12.1. The highest BCUT2D eigenvalue weighted by Gasteiger charge is 2.22. The summed E-state index contributed by atoms with van der Waals surface area (Å²) >= 11 is 0. The number of hydrogen-bond acceptors (Lipinski definition) is 6. The van der Waals surface area contributed by atoms with Crippen molar-refractivity contribution in [3.05, 3.63) is 36.7 Å². The van der Waals surface area contributed by atoms with Gasteiger partial charge in [-0.1, -0.05) is 13.8 Å². The number of carbonyl (C=O) groups excluding carboxylic acids is 1. The van der Waals surface area contributed by atoms with Crippen LogP contribution in [0.4, 0.5) is 17.3 Å². The Balaban J connectivity index is 1.54. The first-order valence-corrected chi connectivity index (χ1v) is 8.65. The van der Waals surface area contributed by atoms with Gasteiger partial charge in [0.2, 0.25) is 5.91 Å². The first-order valence-electron chi connectivity index (χ1n) is 8.65. The first kappa shape index (κ1) is 17.1. The van der Waals surface area contributed by atoms with Crippen molar-refractivity contribution in [2.45, 2.75) is 20.3 Å². The molecule has 1 aliphatic heterocycles. The lowest BCUT2D eigenvalue weighted by molar-refractivity contribution is -0.132. The fourth-order valence-electron chi connectivity index (χ4n) is 2.81. The van der Waals surface area contributed by atoms with E-state index < -0.39 is 0 Å². The minimum Gasteiger partial charge on any atom is -0.352 e. The molecule has 7 nitrogen and oxygen atoms in total. The Kier molecular flexibility index (Phi) is 5.42. The number of amides is 1. The van der Waals surface area contributed by atoms with Crippen molar-refractivity contribution in [2.24, 2.45) is 5.92 Å². The molecule has 1 amide bonds. The topological polar surface area (TPSA) is 74.2 Å². The summed E-state index contributed by atoms with van der Waals surface area (Å²) in [6.45, 7) is 7.20. The molecule has 1 fully saturated rings. The molecule has 0 spiro atoms. The molecule has 1 N–H and O–H groups in total. The van der Waals surface area contributed by atoms with E-state index in [0.29, 0.717) is 18.2 Å². The molecule has 0 aromatic carbocycles. The van der Waals surface area contributed by atoms with E-state index in [1.165, 1.54) is 0 Å². The second kappa shape index (κ2) is 7.92. The molecular weight excluding hydrogens is 316 g/mol. The molecule has 25 heavy (non-hydrogen) atoms. The van der Waals surface area contributed by atoms with E-state index in [1.807, 2.05) is 29.2 Å². The second-order valence-electron chi connectivity index (χ2n) is 6.60. The van der Waals surface area contributed by atoms with Crippen LogP contribution >= 0.6 is 0 Å². The van der Waals surface area contributed by atoms with Crippen molar-refractivity contribution < 1.29 is 4.79 Å². The minimum absolute atomic E-state index is 0.248. The van der Waals surface area contributed by atoms with Crippen LogP contribution in [0.15, 0.2) is 36.7 Å². The molecule has 2 aromatic rings. The maximum absolute atomic E-state index is 12.1. The fourth-order valence-corrected chi connectivity index (χ4v) is 2.81. The van der Waals surface area contributed by atoms with Crippen LogP contribution < -0.4 is 10.2 Å². The number of anilines is 3. The van der Waals surface area contributed by atoms with E-state index in [9.17, 15) is 4.79 Å². The molecule has 7 heteroatoms. The Hall–Kier alpha value is -2.70. The lowest BCUT2D eigenvalue weighted by atomic mass is 10.1. The number of pyridine rings is 1. The van der Waals surface area contributed by atoms with Gasteiger partial charge in [-0.3, -0.25) is 9.78 Å². The zero-order chi connectivity index (χ0) is 17.6. The lowest BCUT2D eigenvalue weighted by Crippen LogP contribution is -2.49. The summed E-state index contributed by atoms with van der Waals surface area (Å²) in [6.07, 6.45) is 4.07. The van der Waals surface area contributed by atoms with Crippen molar-refractivity contribution >= 4 is 23.2 Å². The number of rotatable bonds is 5. The second-order valence-corrected chi connectivity index (χ2v) is 6.60. The van der Waals surface area contributed by atoms with Crippen molar-refractivity contribution in [3.63, 3.8) is 0 Å². The molecule has 3 heterocycles. The molecule has 3 rings (SSSR count). The van der Waals surface area contributed by atoms with E-state index in [2.05, 4.69) is 39.2 Å². The number of hydrogen-bond donors (Lipinski definition) is 1. The van der Waals surface area contributed by atoms with Gasteiger partial charge < -0.3 is 15.1 Å². The van der Waals surface area contributed by atoms with Crippen LogP contribution in [-0.2, 0) is 4.79 Å². The van der Waals surface area contributed by atoms with Crippen LogP contribution in [0.1, 0.15) is 20.3 Å². The quantitative estimate of drug-likeness (QED) is 0.900. The van der Waals surface area contributed by atoms with E-state index in [-0.39, 0.29) is 5.91 Å². The molecule has 0 saturated carbocycles. The van der Waals surface area contributed by atoms with Crippen LogP contribution in [0.2, 0.25) is 0 Å². The number of piperazine rings is 1. The fraction of sp³-hybridized carbons (Fsp3) is 0.444. The number of nitrogens with zero attached hydrogens (tertiary/aromatic N) is 5. The van der Waals surface area contributed by atoms with E-state index >= 15 is 0 Å². The Morgan fingerprint density at radius 1 is 1.08 bits per heavy atom. The molecule has 0 aliphatic carbocycles. The van der Waals surface area contributed by atoms with Crippen molar-refractivity contribution in [1.29, 1.82) is 0 Å². The predicted octanol–water partition coefficient (Wildman–Crippen LogP) is 2.31. The third-order valence-corrected chi connectivity index (χ3v) is 4.14. The number of nitrogens with one attached hydrogen (secondary N) is 1. The molecule has 1 saturated heterocycles. The number of aromatic nitrogens is 3. The molecule has 0 atom stereocenters. The van der Waals surface area contributed by atoms with Gasteiger partial charge in [-0.25, -0.2) is 0 Å². The summed E-state index contributed by atoms with van der Waals surface area (Å²) in [5.74, 6) is 2.19. The zero-order valence-electron chi connectivity index (χ0n) is 14.7. The van der Waals surface area contributed by atoms with Gasteiger partial charge in [0.1, 0.15) is 0 Å². The van der Waals surface area contributed by atoms with Crippen LogP contribution in [0.3, 0.4) is 0 Å². The Labute approximate surface area is 148 Å². The largest absolute Gasteiger partial charge is 0.352 e. The average Bonchev–Trinajstić information content (AvgIpc) is 2.63. The Bertz CT molecular complexity index is 680. The highest BCUT2D eigenvalue weighted by molar-refractivity contribution is 5.76. The summed E-state index contributed by atoms with van der Waals surface area (Å²) in [6, 6.07) is 7.63. The van der Waals surface area contributed by atoms with Crippen LogP contribution in [0.5, 0.6) is 0 Å². The highest BCUT2D eigenvalue weighted by atomic mass is 16.2. The lowest BCUT2D eigenvalue weighted by Gasteiger charge is -2.35. The van der Waals surface area contributed by atoms with Crippen LogP contribution in [0, 0.1) is 5.92 Å². The minimum atomic E-state index is 0.248. The van der Waals surface area contributed by atoms with Gasteiger partial charge >= 0.3 is 0 Å². The number of carbonyl (C=O) groups is 1. The highest BCUT2D eigenvalue weighted by Crippen LogP contribution is 2.17. The molecule has 2 aromatic heterocycles. The monoisotopic (exact) mass is 340 g/mol. The van der Waals surface area contributed by atoms with Gasteiger partial charge in [-0.15, -0.1) is 10.2 Å². The van der Waals surface area contributed by atoms with Crippen molar-refractivity contribution in [3.8, 4) is 0 Å². The summed E-state index contributed by atoms with van der Waals surface area (Å²) in [5.41, 5.74) is 0.925. The molecule has 0 radical (unpaired) electrons. The Morgan fingerprint density at radius 2 is 1.80 bits per heavy atom. The van der Waals surface area contributed by atoms with E-state index in [1.54, 1.807) is 12.4 Å². The van der Waals surface area contributed by atoms with Gasteiger partial charge in [0, 0.05) is 50.7 Å². The molecule has 0 bridgehead atoms. The van der Waals surface area contributed by atoms with Gasteiger partial charge in [-0.2, -0.15) is 0 Å². The van der Waals surface area contributed by atoms with Crippen molar-refractivity contribution in [1.82, 2.24) is 20.1 Å². The summed E-state index contributed by atoms with van der Waals surface area (Å²) in [5, 5.41) is 11.7. The summed E-state index contributed by atoms with van der Waals surface area (Å²) in [7, 11) is 0. The van der Waals surface area contributed by atoms with Gasteiger partial charge in [0.15, 0.2) is 11.6 Å². The standard InChI is InChI=1S/C18H24N6O/c1-14(2)13-18(25)24-11-9-23(10-12-24)17-4-3-16(21-22-17)20-15-5-7-19-8-6-15/h3-8,14H,9-13H2,1-2H3,(H,19,20,21). The SMILES string of the molecule is CC(C)CC(=O)N1CCN(c2ccc(Nc3ccncc3)nn2)CC1. The van der Waals surface area contributed by atoms with Gasteiger partial charge in [0.25, 0.3) is 0 Å². The maximum Gasteiger partial charge on any atom is 0.222 e. The molecule has 1 aliphatic rings. The average molecular weight is 340 g/mol. The van der Waals surface area contributed by atoms with E-state index in [4.69, 9.17) is 0 Å². The van der Waals surface area contributed by atoms with Crippen molar-refractivity contribution in [2.75, 3.05) is 36.4 Å². The van der Waals surface area contributed by atoms with Crippen LogP contribution in [-0.4, -0.2) is 52.2 Å². The molecular formula is C18H24N6O. The predicted molar refractivity (Wildman–Crippen MR) is 97.8 cm³/mol. The summed E-state index contributed by atoms with van der Waals surface area (Å²) < 4.78 is 0. The smallest absolute Gasteiger partial charge is 0.222 e.